The van der Waals surface area contributed by atoms with E-state index in [-0.39, 0.29) is 35.4 Å². The van der Waals surface area contributed by atoms with Crippen LogP contribution in [0.25, 0.3) is 0 Å². The van der Waals surface area contributed by atoms with E-state index in [9.17, 15) is 9.59 Å². The number of hydroxylamine groups is 2. The predicted octanol–water partition coefficient (Wildman–Crippen LogP) is 4.69. The van der Waals surface area contributed by atoms with E-state index in [0.29, 0.717) is 12.3 Å². The van der Waals surface area contributed by atoms with Gasteiger partial charge >= 0.3 is 5.97 Å². The predicted molar refractivity (Wildman–Crippen MR) is 121 cm³/mol. The summed E-state index contributed by atoms with van der Waals surface area (Å²) in [5.41, 5.74) is 5.89. The van der Waals surface area contributed by atoms with E-state index in [0.717, 1.165) is 18.4 Å². The summed E-state index contributed by atoms with van der Waals surface area (Å²) in [6.07, 6.45) is 1.96. The highest BCUT2D eigenvalue weighted by Crippen LogP contribution is 2.71. The highest BCUT2D eigenvalue weighted by atomic mass is 16.7. The van der Waals surface area contributed by atoms with Gasteiger partial charge in [-0.15, -0.1) is 0 Å². The van der Waals surface area contributed by atoms with Crippen LogP contribution in [0.3, 0.4) is 0 Å². The summed E-state index contributed by atoms with van der Waals surface area (Å²) in [7, 11) is 0. The van der Waals surface area contributed by atoms with Crippen LogP contribution < -0.4 is 5.73 Å². The minimum Gasteiger partial charge on any atom is -0.466 e. The van der Waals surface area contributed by atoms with Gasteiger partial charge in [-0.1, -0.05) is 32.9 Å². The van der Waals surface area contributed by atoms with Crippen LogP contribution in [0, 0.1) is 17.3 Å². The first-order valence-electron chi connectivity index (χ1n) is 11.4. The van der Waals surface area contributed by atoms with Crippen LogP contribution in [0.4, 0.5) is 5.69 Å². The van der Waals surface area contributed by atoms with Crippen LogP contribution in [-0.4, -0.2) is 34.6 Å². The van der Waals surface area contributed by atoms with E-state index in [2.05, 4.69) is 13.8 Å². The van der Waals surface area contributed by atoms with E-state index in [1.165, 1.54) is 0 Å². The Balaban J connectivity index is 2.14. The maximum absolute atomic E-state index is 13.8. The van der Waals surface area contributed by atoms with Gasteiger partial charge < -0.3 is 10.5 Å². The van der Waals surface area contributed by atoms with Gasteiger partial charge in [-0.25, -0.2) is 0 Å². The van der Waals surface area contributed by atoms with Crippen LogP contribution in [0.2, 0.25) is 0 Å². The van der Waals surface area contributed by atoms with Crippen LogP contribution in [0.15, 0.2) is 24.3 Å². The molecule has 0 spiro atoms. The van der Waals surface area contributed by atoms with Crippen LogP contribution in [0.5, 0.6) is 0 Å². The number of hydrogen-bond donors (Lipinski definition) is 1. The number of benzene rings is 1. The molecule has 2 fully saturated rings. The maximum atomic E-state index is 13.8. The molecule has 172 valence electrons. The fraction of sp³-hybridized carbons (Fsp3) is 0.680. The van der Waals surface area contributed by atoms with Crippen molar-refractivity contribution in [2.45, 2.75) is 84.9 Å². The van der Waals surface area contributed by atoms with Crippen molar-refractivity contribution in [2.75, 3.05) is 12.3 Å². The third-order valence-electron chi connectivity index (χ3n) is 6.98. The SMILES string of the molecule is CCOC(=O)CC(c1ccc(N)cc1)N(OC(C)(C)C)C12C(=O)C(C)CCC1C2(C)C. The van der Waals surface area contributed by atoms with Crippen molar-refractivity contribution < 1.29 is 19.2 Å². The molecule has 2 aliphatic carbocycles. The number of rotatable bonds is 7. The minimum absolute atomic E-state index is 0.0428. The Labute approximate surface area is 186 Å². The zero-order chi connectivity index (χ0) is 23.2. The summed E-state index contributed by atoms with van der Waals surface area (Å²) in [6.45, 7) is 14.3. The molecule has 2 saturated carbocycles. The zero-order valence-electron chi connectivity index (χ0n) is 20.0. The lowest BCUT2D eigenvalue weighted by Gasteiger charge is -2.44. The Morgan fingerprint density at radius 2 is 1.84 bits per heavy atom. The molecule has 0 aromatic heterocycles. The molecular formula is C25H38N2O4. The lowest BCUT2D eigenvalue weighted by molar-refractivity contribution is -0.284. The van der Waals surface area contributed by atoms with Crippen LogP contribution >= 0.6 is 0 Å². The number of ether oxygens (including phenoxy) is 1. The Bertz CT molecular complexity index is 827. The molecule has 2 N–H and O–H groups in total. The van der Waals surface area contributed by atoms with Gasteiger partial charge in [-0.05, 0) is 69.6 Å². The fourth-order valence-corrected chi connectivity index (χ4v) is 5.48. The van der Waals surface area contributed by atoms with Gasteiger partial charge in [0, 0.05) is 11.6 Å². The number of nitrogens with two attached hydrogens (primary N) is 1. The molecule has 0 amide bonds. The number of nitrogen functional groups attached to an aromatic ring is 1. The number of anilines is 1. The fourth-order valence-electron chi connectivity index (χ4n) is 5.48. The maximum Gasteiger partial charge on any atom is 0.307 e. The second-order valence-electron chi connectivity index (χ2n) is 10.6. The average Bonchev–Trinajstić information content (AvgIpc) is 3.18. The minimum atomic E-state index is -0.767. The van der Waals surface area contributed by atoms with Gasteiger partial charge in [0.1, 0.15) is 5.54 Å². The highest BCUT2D eigenvalue weighted by molar-refractivity contribution is 5.96. The normalized spacial score (nSPS) is 28.2. The molecule has 4 atom stereocenters. The van der Waals surface area contributed by atoms with Gasteiger partial charge in [0.2, 0.25) is 0 Å². The summed E-state index contributed by atoms with van der Waals surface area (Å²) in [4.78, 5) is 33.0. The number of Topliss-reactive ketones (excluding diaryl/α,β-unsaturated/α-hetero) is 1. The number of fused-ring (bicyclic) bond motifs is 1. The van der Waals surface area contributed by atoms with Gasteiger partial charge in [-0.2, -0.15) is 5.06 Å². The van der Waals surface area contributed by atoms with Gasteiger partial charge in [0.25, 0.3) is 0 Å². The van der Waals surface area contributed by atoms with Gasteiger partial charge in [-0.3, -0.25) is 14.4 Å². The van der Waals surface area contributed by atoms with Gasteiger partial charge in [0.15, 0.2) is 5.78 Å². The zero-order valence-corrected chi connectivity index (χ0v) is 20.0. The molecule has 31 heavy (non-hydrogen) atoms. The molecule has 0 bridgehead atoms. The van der Waals surface area contributed by atoms with Crippen molar-refractivity contribution in [3.63, 3.8) is 0 Å². The van der Waals surface area contributed by atoms with E-state index >= 15 is 0 Å². The highest BCUT2D eigenvalue weighted by Gasteiger charge is 2.80. The standard InChI is InChI=1S/C25H38N2O4/c1-8-30-21(28)15-19(17-10-12-18(26)13-11-17)27(31-23(3,4)5)25-20(24(25,6)7)14-9-16(2)22(25)29/h10-13,16,19-20H,8-9,14-15,26H2,1-7H3. The molecule has 3 rings (SSSR count). The topological polar surface area (TPSA) is 81.9 Å². The lowest BCUT2D eigenvalue weighted by atomic mass is 9.83. The summed E-state index contributed by atoms with van der Waals surface area (Å²) in [5.74, 6) is 0.0418. The molecular weight excluding hydrogens is 392 g/mol. The molecule has 0 radical (unpaired) electrons. The summed E-state index contributed by atoms with van der Waals surface area (Å²) >= 11 is 0. The Hall–Kier alpha value is -1.92. The van der Waals surface area contributed by atoms with Crippen molar-refractivity contribution in [1.82, 2.24) is 5.06 Å². The molecule has 2 aliphatic rings. The molecule has 4 unspecified atom stereocenters. The quantitative estimate of drug-likeness (QED) is 0.384. The monoisotopic (exact) mass is 430 g/mol. The average molecular weight is 431 g/mol. The third-order valence-corrected chi connectivity index (χ3v) is 6.98. The molecule has 6 nitrogen and oxygen atoms in total. The third kappa shape index (κ3) is 4.12. The van der Waals surface area contributed by atoms with Crippen molar-refractivity contribution in [3.05, 3.63) is 29.8 Å². The Morgan fingerprint density at radius 1 is 1.23 bits per heavy atom. The number of carbonyl (C=O) groups is 2. The van der Waals surface area contributed by atoms with E-state index in [1.807, 2.05) is 57.0 Å². The largest absolute Gasteiger partial charge is 0.466 e. The molecule has 6 heteroatoms. The lowest BCUT2D eigenvalue weighted by Crippen LogP contribution is -2.55. The Morgan fingerprint density at radius 3 is 2.39 bits per heavy atom. The van der Waals surface area contributed by atoms with Crippen molar-refractivity contribution in [1.29, 1.82) is 0 Å². The first-order valence-corrected chi connectivity index (χ1v) is 11.4. The first-order chi connectivity index (χ1) is 14.4. The van der Waals surface area contributed by atoms with E-state index in [4.69, 9.17) is 15.3 Å². The summed E-state index contributed by atoms with van der Waals surface area (Å²) in [5, 5.41) is 1.87. The molecule has 0 aliphatic heterocycles. The van der Waals surface area contributed by atoms with Crippen molar-refractivity contribution in [2.24, 2.45) is 17.3 Å². The second kappa shape index (κ2) is 8.21. The van der Waals surface area contributed by atoms with Crippen LogP contribution in [-0.2, 0) is 19.2 Å². The number of nitrogens with zero attached hydrogens (tertiary/aromatic N) is 1. The number of ketones is 1. The van der Waals surface area contributed by atoms with Crippen molar-refractivity contribution >= 4 is 17.4 Å². The Kier molecular flexibility index (Phi) is 6.29. The molecule has 0 saturated heterocycles. The van der Waals surface area contributed by atoms with Crippen LogP contribution in [0.1, 0.15) is 79.3 Å². The first kappa shape index (κ1) is 23.7. The molecule has 0 heterocycles. The number of carbonyl (C=O) groups excluding carboxylic acids is 2. The smallest absolute Gasteiger partial charge is 0.307 e. The molecule has 1 aromatic carbocycles. The number of hydrogen-bond acceptors (Lipinski definition) is 6. The number of esters is 1. The van der Waals surface area contributed by atoms with Crippen molar-refractivity contribution in [3.8, 4) is 0 Å². The summed E-state index contributed by atoms with van der Waals surface area (Å²) < 4.78 is 5.30. The van der Waals surface area contributed by atoms with E-state index in [1.54, 1.807) is 6.92 Å². The van der Waals surface area contributed by atoms with Gasteiger partial charge in [0.05, 0.1) is 24.7 Å². The summed E-state index contributed by atoms with van der Waals surface area (Å²) in [6, 6.07) is 7.01. The van der Waals surface area contributed by atoms with E-state index < -0.39 is 17.2 Å². The second-order valence-corrected chi connectivity index (χ2v) is 10.6. The molecule has 1 aromatic rings.